The molecule has 0 aliphatic heterocycles. The first-order valence-corrected chi connectivity index (χ1v) is 7.93. The van der Waals surface area contributed by atoms with Crippen LogP contribution >= 0.6 is 15.9 Å². The highest BCUT2D eigenvalue weighted by atomic mass is 79.9. The summed E-state index contributed by atoms with van der Waals surface area (Å²) in [4.78, 5) is 14.3. The van der Waals surface area contributed by atoms with E-state index in [0.717, 1.165) is 18.8 Å². The van der Waals surface area contributed by atoms with E-state index in [1.54, 1.807) is 6.20 Å². The van der Waals surface area contributed by atoms with Crippen LogP contribution in [0.1, 0.15) is 34.6 Å². The third kappa shape index (κ3) is 4.31. The summed E-state index contributed by atoms with van der Waals surface area (Å²) in [7, 11) is 0. The number of rotatable bonds is 7. The van der Waals surface area contributed by atoms with Crippen molar-refractivity contribution in [1.82, 2.24) is 14.7 Å². The largest absolute Gasteiger partial charge is 0.381 e. The summed E-state index contributed by atoms with van der Waals surface area (Å²) in [6.45, 7) is 13.0. The van der Waals surface area contributed by atoms with Crippen molar-refractivity contribution in [3.05, 3.63) is 21.0 Å². The zero-order valence-corrected chi connectivity index (χ0v) is 14.6. The standard InChI is InChI=1S/C14H25BrN4O/c1-6-19-14(20)13(15)12(9-17-19)16-7-8-18(10(2)3)11(4)5/h9-11,16H,6-8H2,1-5H3. The number of halogens is 1. The van der Waals surface area contributed by atoms with Gasteiger partial charge in [0.1, 0.15) is 4.47 Å². The fourth-order valence-electron chi connectivity index (χ4n) is 2.25. The quantitative estimate of drug-likeness (QED) is 0.825. The Morgan fingerprint density at radius 3 is 2.45 bits per heavy atom. The monoisotopic (exact) mass is 344 g/mol. The van der Waals surface area contributed by atoms with E-state index in [1.165, 1.54) is 4.68 Å². The summed E-state index contributed by atoms with van der Waals surface area (Å²) in [6.07, 6.45) is 1.70. The second-order valence-electron chi connectivity index (χ2n) is 5.35. The molecule has 6 heteroatoms. The van der Waals surface area contributed by atoms with Crippen molar-refractivity contribution in [3.63, 3.8) is 0 Å². The molecule has 1 aromatic rings. The second kappa shape index (κ2) is 7.78. The fraction of sp³-hybridized carbons (Fsp3) is 0.714. The third-order valence-electron chi connectivity index (χ3n) is 3.30. The smallest absolute Gasteiger partial charge is 0.283 e. The van der Waals surface area contributed by atoms with Crippen LogP contribution in [0.5, 0.6) is 0 Å². The third-order valence-corrected chi connectivity index (χ3v) is 4.06. The molecule has 5 nitrogen and oxygen atoms in total. The number of anilines is 1. The van der Waals surface area contributed by atoms with Crippen LogP contribution in [0, 0.1) is 0 Å². The van der Waals surface area contributed by atoms with Crippen molar-refractivity contribution in [1.29, 1.82) is 0 Å². The molecule has 0 aromatic carbocycles. The highest BCUT2D eigenvalue weighted by Crippen LogP contribution is 2.16. The lowest BCUT2D eigenvalue weighted by Gasteiger charge is -2.30. The first-order chi connectivity index (χ1) is 9.38. The van der Waals surface area contributed by atoms with E-state index >= 15 is 0 Å². The van der Waals surface area contributed by atoms with Crippen molar-refractivity contribution >= 4 is 21.6 Å². The first-order valence-electron chi connectivity index (χ1n) is 7.13. The lowest BCUT2D eigenvalue weighted by Crippen LogP contribution is -2.40. The van der Waals surface area contributed by atoms with Crippen molar-refractivity contribution in [2.45, 2.75) is 53.2 Å². The Bertz CT molecular complexity index is 477. The molecule has 1 heterocycles. The van der Waals surface area contributed by atoms with Crippen LogP contribution in [-0.4, -0.2) is 39.9 Å². The Morgan fingerprint density at radius 1 is 1.35 bits per heavy atom. The van der Waals surface area contributed by atoms with Crippen molar-refractivity contribution < 1.29 is 0 Å². The van der Waals surface area contributed by atoms with Crippen LogP contribution in [0.15, 0.2) is 15.5 Å². The summed E-state index contributed by atoms with van der Waals surface area (Å²) < 4.78 is 1.99. The Hall–Kier alpha value is -0.880. The van der Waals surface area contributed by atoms with E-state index in [1.807, 2.05) is 6.92 Å². The molecule has 0 unspecified atom stereocenters. The summed E-state index contributed by atoms with van der Waals surface area (Å²) in [5.41, 5.74) is 0.661. The summed E-state index contributed by atoms with van der Waals surface area (Å²) in [6, 6.07) is 1.01. The number of hydrogen-bond donors (Lipinski definition) is 1. The second-order valence-corrected chi connectivity index (χ2v) is 6.14. The van der Waals surface area contributed by atoms with Gasteiger partial charge >= 0.3 is 0 Å². The molecule has 20 heavy (non-hydrogen) atoms. The van der Waals surface area contributed by atoms with Gasteiger partial charge in [0.25, 0.3) is 5.56 Å². The van der Waals surface area contributed by atoms with Crippen molar-refractivity contribution in [2.75, 3.05) is 18.4 Å². The van der Waals surface area contributed by atoms with Gasteiger partial charge in [-0.05, 0) is 50.5 Å². The molecule has 0 bridgehead atoms. The molecule has 0 spiro atoms. The normalized spacial score (nSPS) is 11.7. The first kappa shape index (κ1) is 17.2. The van der Waals surface area contributed by atoms with Crippen LogP contribution in [0.25, 0.3) is 0 Å². The van der Waals surface area contributed by atoms with E-state index < -0.39 is 0 Å². The topological polar surface area (TPSA) is 50.2 Å². The van der Waals surface area contributed by atoms with Gasteiger partial charge < -0.3 is 5.32 Å². The number of hydrogen-bond acceptors (Lipinski definition) is 4. The molecule has 1 aromatic heterocycles. The predicted octanol–water partition coefficient (Wildman–Crippen LogP) is 2.56. The molecular weight excluding hydrogens is 320 g/mol. The van der Waals surface area contributed by atoms with Crippen LogP contribution in [0.3, 0.4) is 0 Å². The Morgan fingerprint density at radius 2 is 1.95 bits per heavy atom. The Kier molecular flexibility index (Phi) is 6.68. The fourth-order valence-corrected chi connectivity index (χ4v) is 2.69. The van der Waals surface area contributed by atoms with Gasteiger partial charge in [-0.1, -0.05) is 0 Å². The van der Waals surface area contributed by atoms with Gasteiger partial charge in [-0.2, -0.15) is 5.10 Å². The van der Waals surface area contributed by atoms with Gasteiger partial charge in [0.2, 0.25) is 0 Å². The molecule has 0 saturated heterocycles. The molecule has 0 saturated carbocycles. The number of nitrogens with one attached hydrogen (secondary N) is 1. The molecule has 0 amide bonds. The van der Waals surface area contributed by atoms with Gasteiger partial charge in [0.05, 0.1) is 11.9 Å². The molecule has 114 valence electrons. The van der Waals surface area contributed by atoms with E-state index in [0.29, 0.717) is 23.1 Å². The number of aromatic nitrogens is 2. The molecular formula is C14H25BrN4O. The minimum Gasteiger partial charge on any atom is -0.381 e. The van der Waals surface area contributed by atoms with Crippen molar-refractivity contribution in [3.8, 4) is 0 Å². The lowest BCUT2D eigenvalue weighted by molar-refractivity contribution is 0.182. The molecule has 0 aliphatic rings. The van der Waals surface area contributed by atoms with E-state index in [4.69, 9.17) is 0 Å². The van der Waals surface area contributed by atoms with E-state index in [-0.39, 0.29) is 5.56 Å². The molecule has 0 atom stereocenters. The minimum absolute atomic E-state index is 0.0953. The van der Waals surface area contributed by atoms with Gasteiger partial charge in [0, 0.05) is 31.7 Å². The predicted molar refractivity (Wildman–Crippen MR) is 87.3 cm³/mol. The molecule has 1 rings (SSSR count). The zero-order valence-electron chi connectivity index (χ0n) is 13.0. The van der Waals surface area contributed by atoms with Gasteiger partial charge in [-0.25, -0.2) is 4.68 Å². The molecule has 1 N–H and O–H groups in total. The Balaban J connectivity index is 2.67. The Labute approximate surface area is 129 Å². The summed E-state index contributed by atoms with van der Waals surface area (Å²) >= 11 is 3.35. The SMILES string of the molecule is CCn1ncc(NCCN(C(C)C)C(C)C)c(Br)c1=O. The summed E-state index contributed by atoms with van der Waals surface area (Å²) in [5, 5.41) is 7.40. The molecule has 0 aliphatic carbocycles. The van der Waals surface area contributed by atoms with E-state index in [2.05, 4.69) is 58.9 Å². The highest BCUT2D eigenvalue weighted by molar-refractivity contribution is 9.10. The zero-order chi connectivity index (χ0) is 15.3. The molecule has 0 fully saturated rings. The average Bonchev–Trinajstić information content (AvgIpc) is 2.38. The van der Waals surface area contributed by atoms with Gasteiger partial charge in [-0.3, -0.25) is 9.69 Å². The van der Waals surface area contributed by atoms with Crippen LogP contribution in [-0.2, 0) is 6.54 Å². The van der Waals surface area contributed by atoms with Crippen LogP contribution in [0.4, 0.5) is 5.69 Å². The maximum absolute atomic E-state index is 11.9. The maximum Gasteiger partial charge on any atom is 0.283 e. The van der Waals surface area contributed by atoms with Crippen LogP contribution in [0.2, 0.25) is 0 Å². The minimum atomic E-state index is -0.0953. The van der Waals surface area contributed by atoms with Crippen molar-refractivity contribution in [2.24, 2.45) is 0 Å². The lowest BCUT2D eigenvalue weighted by atomic mass is 10.2. The summed E-state index contributed by atoms with van der Waals surface area (Å²) in [5.74, 6) is 0. The van der Waals surface area contributed by atoms with Gasteiger partial charge in [0.15, 0.2) is 0 Å². The highest BCUT2D eigenvalue weighted by Gasteiger charge is 2.13. The number of aryl methyl sites for hydroxylation is 1. The van der Waals surface area contributed by atoms with E-state index in [9.17, 15) is 4.79 Å². The van der Waals surface area contributed by atoms with Gasteiger partial charge in [-0.15, -0.1) is 0 Å². The molecule has 0 radical (unpaired) electrons. The maximum atomic E-state index is 11.9. The van der Waals surface area contributed by atoms with Crippen LogP contribution < -0.4 is 10.9 Å². The average molecular weight is 345 g/mol. The number of nitrogens with zero attached hydrogens (tertiary/aromatic N) is 3.